The predicted octanol–water partition coefficient (Wildman–Crippen LogP) is 1.99. The minimum atomic E-state index is 0.642. The highest BCUT2D eigenvalue weighted by atomic mass is 15.5. The molecule has 0 radical (unpaired) electrons. The van der Waals surface area contributed by atoms with Gasteiger partial charge in [-0.1, -0.05) is 13.3 Å². The molecule has 3 heterocycles. The lowest BCUT2D eigenvalue weighted by Gasteiger charge is -2.27. The minimum Gasteiger partial charge on any atom is -0.354 e. The zero-order chi connectivity index (χ0) is 13.8. The maximum absolute atomic E-state index is 4.57. The van der Waals surface area contributed by atoms with Gasteiger partial charge < -0.3 is 10.7 Å². The van der Waals surface area contributed by atoms with Crippen molar-refractivity contribution in [1.29, 1.82) is 0 Å². The summed E-state index contributed by atoms with van der Waals surface area (Å²) in [7, 11) is 0. The molecule has 1 fully saturated rings. The Balaban J connectivity index is 1.84. The molecule has 7 nitrogen and oxygen atoms in total. The molecule has 0 spiro atoms. The van der Waals surface area contributed by atoms with Crippen molar-refractivity contribution in [3.8, 4) is 0 Å². The second kappa shape index (κ2) is 6.04. The average Bonchev–Trinajstić information content (AvgIpc) is 2.95. The molecule has 2 aromatic rings. The summed E-state index contributed by atoms with van der Waals surface area (Å²) in [5.41, 5.74) is 4.17. The number of rotatable bonds is 5. The third kappa shape index (κ3) is 2.82. The second-order valence-corrected chi connectivity index (χ2v) is 5.11. The van der Waals surface area contributed by atoms with Crippen molar-refractivity contribution < 1.29 is 0 Å². The van der Waals surface area contributed by atoms with Crippen LogP contribution >= 0.6 is 0 Å². The Bertz CT molecular complexity index is 559. The molecule has 108 valence electrons. The van der Waals surface area contributed by atoms with Gasteiger partial charge in [0.25, 0.3) is 0 Å². The molecule has 0 saturated carbocycles. The van der Waals surface area contributed by atoms with E-state index in [0.29, 0.717) is 5.95 Å². The Morgan fingerprint density at radius 2 is 2.10 bits per heavy atom. The van der Waals surface area contributed by atoms with Crippen LogP contribution in [0.2, 0.25) is 0 Å². The number of fused-ring (bicyclic) bond motifs is 1. The van der Waals surface area contributed by atoms with Gasteiger partial charge in [-0.2, -0.15) is 15.1 Å². The summed E-state index contributed by atoms with van der Waals surface area (Å²) < 4.78 is 0. The van der Waals surface area contributed by atoms with Gasteiger partial charge in [-0.05, 0) is 19.3 Å². The number of hydrazine groups is 1. The quantitative estimate of drug-likeness (QED) is 0.774. The van der Waals surface area contributed by atoms with Crippen LogP contribution in [0.1, 0.15) is 32.6 Å². The molecule has 1 aliphatic heterocycles. The van der Waals surface area contributed by atoms with Crippen LogP contribution in [0, 0.1) is 0 Å². The molecule has 3 rings (SSSR count). The van der Waals surface area contributed by atoms with Gasteiger partial charge >= 0.3 is 0 Å². The minimum absolute atomic E-state index is 0.642. The summed E-state index contributed by atoms with van der Waals surface area (Å²) >= 11 is 0. The first-order valence-electron chi connectivity index (χ1n) is 7.33. The van der Waals surface area contributed by atoms with Crippen LogP contribution in [-0.2, 0) is 0 Å². The molecule has 0 aromatic carbocycles. The molecular weight excluding hydrogens is 254 g/mol. The van der Waals surface area contributed by atoms with Gasteiger partial charge in [0.05, 0.1) is 11.6 Å². The van der Waals surface area contributed by atoms with E-state index in [1.807, 2.05) is 0 Å². The molecule has 0 atom stereocenters. The lowest BCUT2D eigenvalue weighted by Crippen LogP contribution is -2.35. The van der Waals surface area contributed by atoms with Crippen LogP contribution < -0.4 is 10.7 Å². The number of H-pyrrole nitrogens is 1. The molecule has 0 aliphatic carbocycles. The van der Waals surface area contributed by atoms with Gasteiger partial charge in [0, 0.05) is 19.6 Å². The van der Waals surface area contributed by atoms with Crippen LogP contribution in [-0.4, -0.2) is 44.8 Å². The molecule has 2 aromatic heterocycles. The van der Waals surface area contributed by atoms with E-state index in [-0.39, 0.29) is 0 Å². The fourth-order valence-electron chi connectivity index (χ4n) is 2.39. The Kier molecular flexibility index (Phi) is 3.96. The number of anilines is 2. The average molecular weight is 275 g/mol. The van der Waals surface area contributed by atoms with E-state index in [1.165, 1.54) is 19.3 Å². The molecule has 20 heavy (non-hydrogen) atoms. The summed E-state index contributed by atoms with van der Waals surface area (Å²) in [6, 6.07) is 0. The van der Waals surface area contributed by atoms with E-state index in [1.54, 1.807) is 6.20 Å². The number of nitrogens with zero attached hydrogens (tertiary/aromatic N) is 4. The number of aromatic amines is 1. The molecule has 0 unspecified atom stereocenters. The van der Waals surface area contributed by atoms with Crippen molar-refractivity contribution in [1.82, 2.24) is 25.2 Å². The van der Waals surface area contributed by atoms with Gasteiger partial charge in [-0.3, -0.25) is 5.10 Å². The van der Waals surface area contributed by atoms with E-state index < -0.39 is 0 Å². The Morgan fingerprint density at radius 3 is 2.90 bits per heavy atom. The molecular formula is C13H21N7. The maximum atomic E-state index is 4.57. The lowest BCUT2D eigenvalue weighted by atomic mass is 10.2. The van der Waals surface area contributed by atoms with Crippen LogP contribution in [0.15, 0.2) is 6.20 Å². The van der Waals surface area contributed by atoms with Crippen molar-refractivity contribution >= 4 is 22.8 Å². The monoisotopic (exact) mass is 275 g/mol. The highest BCUT2D eigenvalue weighted by molar-refractivity contribution is 5.86. The number of nitrogens with one attached hydrogen (secondary N) is 3. The molecule has 7 heteroatoms. The molecule has 1 aliphatic rings. The first kappa shape index (κ1) is 13.1. The van der Waals surface area contributed by atoms with Crippen LogP contribution in [0.25, 0.3) is 11.0 Å². The highest BCUT2D eigenvalue weighted by Gasteiger charge is 2.14. The van der Waals surface area contributed by atoms with Gasteiger partial charge in [-0.15, -0.1) is 0 Å². The van der Waals surface area contributed by atoms with Gasteiger partial charge in [0.1, 0.15) is 0 Å². The molecule has 0 bridgehead atoms. The molecule has 3 N–H and O–H groups in total. The number of piperidine rings is 1. The third-order valence-electron chi connectivity index (χ3n) is 3.46. The Hall–Kier alpha value is -1.89. The van der Waals surface area contributed by atoms with Crippen molar-refractivity contribution in [3.63, 3.8) is 0 Å². The summed E-state index contributed by atoms with van der Waals surface area (Å²) in [6.45, 7) is 5.10. The smallest absolute Gasteiger partial charge is 0.226 e. The zero-order valence-electron chi connectivity index (χ0n) is 11.8. The fourth-order valence-corrected chi connectivity index (χ4v) is 2.39. The fraction of sp³-hybridized carbons (Fsp3) is 0.615. The standard InChI is InChI=1S/C13H21N7/c1-2-6-14-13-16-11-10(9-15-18-11)12(17-13)19-20-7-4-3-5-8-20/h9H,2-8H2,1H3,(H3,14,15,16,17,18,19). The number of hydrogen-bond donors (Lipinski definition) is 3. The van der Waals surface area contributed by atoms with Gasteiger partial charge in [-0.25, -0.2) is 5.01 Å². The Labute approximate surface area is 118 Å². The number of aromatic nitrogens is 4. The Morgan fingerprint density at radius 1 is 1.25 bits per heavy atom. The summed E-state index contributed by atoms with van der Waals surface area (Å²) in [5, 5.41) is 13.4. The summed E-state index contributed by atoms with van der Waals surface area (Å²) in [4.78, 5) is 9.00. The lowest BCUT2D eigenvalue weighted by molar-refractivity contribution is 0.272. The maximum Gasteiger partial charge on any atom is 0.226 e. The van der Waals surface area contributed by atoms with E-state index >= 15 is 0 Å². The van der Waals surface area contributed by atoms with E-state index in [4.69, 9.17) is 0 Å². The normalized spacial score (nSPS) is 16.4. The topological polar surface area (TPSA) is 81.8 Å². The molecule has 0 amide bonds. The van der Waals surface area contributed by atoms with E-state index in [9.17, 15) is 0 Å². The second-order valence-electron chi connectivity index (χ2n) is 5.11. The zero-order valence-corrected chi connectivity index (χ0v) is 11.8. The molecule has 1 saturated heterocycles. The summed E-state index contributed by atoms with van der Waals surface area (Å²) in [5.74, 6) is 1.47. The van der Waals surface area contributed by atoms with Crippen molar-refractivity contribution in [2.75, 3.05) is 30.4 Å². The summed E-state index contributed by atoms with van der Waals surface area (Å²) in [6.07, 6.45) is 6.58. The van der Waals surface area contributed by atoms with Gasteiger partial charge in [0.2, 0.25) is 5.95 Å². The number of hydrogen-bond acceptors (Lipinski definition) is 6. The first-order valence-corrected chi connectivity index (χ1v) is 7.33. The van der Waals surface area contributed by atoms with Gasteiger partial charge in [0.15, 0.2) is 11.5 Å². The highest BCUT2D eigenvalue weighted by Crippen LogP contribution is 2.21. The SMILES string of the molecule is CCCNc1nc(NN2CCCCC2)c2cn[nH]c2n1. The van der Waals surface area contributed by atoms with Crippen LogP contribution in [0.3, 0.4) is 0 Å². The van der Waals surface area contributed by atoms with Crippen molar-refractivity contribution in [2.45, 2.75) is 32.6 Å². The van der Waals surface area contributed by atoms with Crippen LogP contribution in [0.4, 0.5) is 11.8 Å². The third-order valence-corrected chi connectivity index (χ3v) is 3.46. The van der Waals surface area contributed by atoms with E-state index in [0.717, 1.165) is 42.9 Å². The van der Waals surface area contributed by atoms with Crippen molar-refractivity contribution in [2.24, 2.45) is 0 Å². The van der Waals surface area contributed by atoms with Crippen molar-refractivity contribution in [3.05, 3.63) is 6.20 Å². The predicted molar refractivity (Wildman–Crippen MR) is 79.5 cm³/mol. The van der Waals surface area contributed by atoms with E-state index in [2.05, 4.69) is 42.8 Å². The largest absolute Gasteiger partial charge is 0.354 e. The first-order chi connectivity index (χ1) is 9.86. The van der Waals surface area contributed by atoms with Crippen LogP contribution in [0.5, 0.6) is 0 Å².